The van der Waals surface area contributed by atoms with E-state index in [4.69, 9.17) is 0 Å². The molecule has 2 heterocycles. The summed E-state index contributed by atoms with van der Waals surface area (Å²) in [7, 11) is 0. The van der Waals surface area contributed by atoms with Gasteiger partial charge < -0.3 is 10.2 Å². The Morgan fingerprint density at radius 1 is 0.903 bits per heavy atom. The van der Waals surface area contributed by atoms with Gasteiger partial charge in [-0.2, -0.15) is 0 Å². The van der Waals surface area contributed by atoms with Crippen LogP contribution in [-0.4, -0.2) is 51.7 Å². The van der Waals surface area contributed by atoms with E-state index in [-0.39, 0.29) is 17.4 Å². The van der Waals surface area contributed by atoms with Crippen LogP contribution in [0.1, 0.15) is 78.6 Å². The van der Waals surface area contributed by atoms with E-state index in [2.05, 4.69) is 25.7 Å². The van der Waals surface area contributed by atoms with Crippen LogP contribution in [0.25, 0.3) is 0 Å². The Bertz CT molecular complexity index is 751. The molecule has 0 spiro atoms. The van der Waals surface area contributed by atoms with Crippen molar-refractivity contribution in [3.05, 3.63) is 0 Å². The number of hydrogen-bond acceptors (Lipinski definition) is 4. The number of ketones is 1. The minimum absolute atomic E-state index is 0.0789. The number of aliphatic hydroxyl groups is 2. The standard InChI is InChI=1S/C27H43NO3/c1-15-4-7-25-27(3,31)21-6-5-17-18(20(21)14-28(25)13-15)11-22-19(17)12-24(30)23-10-16(29)8-9-26(22,23)2/h15-23,25,29,31H,4-14H2,1-3H3/t15-,16+,17-,18-,19+,20+,21+,22+,23-,25-,26-,27+/m1/s1. The van der Waals surface area contributed by atoms with Gasteiger partial charge in [0.15, 0.2) is 0 Å². The van der Waals surface area contributed by atoms with Crippen molar-refractivity contribution in [3.8, 4) is 0 Å². The molecular weight excluding hydrogens is 386 g/mol. The first-order valence-electron chi connectivity index (χ1n) is 13.4. The van der Waals surface area contributed by atoms with E-state index in [0.29, 0.717) is 53.8 Å². The average molecular weight is 430 g/mol. The third-order valence-corrected chi connectivity index (χ3v) is 11.8. The van der Waals surface area contributed by atoms with E-state index >= 15 is 0 Å². The molecule has 0 amide bonds. The van der Waals surface area contributed by atoms with Crippen LogP contribution in [0.2, 0.25) is 0 Å². The Labute approximate surface area is 188 Å². The lowest BCUT2D eigenvalue weighted by molar-refractivity contribution is -0.175. The maximum Gasteiger partial charge on any atom is 0.136 e. The van der Waals surface area contributed by atoms with Crippen LogP contribution in [0.3, 0.4) is 0 Å². The number of rotatable bonds is 0. The molecule has 12 atom stereocenters. The number of piperidine rings is 2. The summed E-state index contributed by atoms with van der Waals surface area (Å²) in [6.07, 6.45) is 9.08. The SMILES string of the molecule is C[C@@H]1CC[C@H]2N(C1)C[C@H]1[C@@H]3C[C@H]4[C@@H](CC(=O)[C@H]5C[C@@H](O)CC[C@@]54C)[C@@H]3CC[C@@H]1[C@]2(C)O. The summed E-state index contributed by atoms with van der Waals surface area (Å²) in [5, 5.41) is 22.1. The van der Waals surface area contributed by atoms with Gasteiger partial charge in [0.1, 0.15) is 5.78 Å². The first kappa shape index (κ1) is 21.1. The molecule has 2 aliphatic heterocycles. The lowest BCUT2D eigenvalue weighted by Gasteiger charge is -2.59. The fourth-order valence-corrected chi connectivity index (χ4v) is 10.4. The molecule has 6 aliphatic rings. The third kappa shape index (κ3) is 2.93. The van der Waals surface area contributed by atoms with Gasteiger partial charge in [0.25, 0.3) is 0 Å². The van der Waals surface area contributed by atoms with Crippen molar-refractivity contribution in [2.24, 2.45) is 52.8 Å². The molecular formula is C27H43NO3. The van der Waals surface area contributed by atoms with Gasteiger partial charge in [-0.05, 0) is 105 Å². The molecule has 31 heavy (non-hydrogen) atoms. The summed E-state index contributed by atoms with van der Waals surface area (Å²) in [6.45, 7) is 9.23. The summed E-state index contributed by atoms with van der Waals surface area (Å²) in [5.74, 6) is 4.82. The van der Waals surface area contributed by atoms with Crippen molar-refractivity contribution in [2.45, 2.75) is 96.3 Å². The maximum absolute atomic E-state index is 13.2. The van der Waals surface area contributed by atoms with Gasteiger partial charge in [-0.3, -0.25) is 9.69 Å². The molecule has 2 saturated heterocycles. The first-order chi connectivity index (χ1) is 14.7. The fourth-order valence-electron chi connectivity index (χ4n) is 10.4. The van der Waals surface area contributed by atoms with E-state index in [0.717, 1.165) is 44.6 Å². The van der Waals surface area contributed by atoms with Crippen molar-refractivity contribution < 1.29 is 15.0 Å². The largest absolute Gasteiger partial charge is 0.393 e. The monoisotopic (exact) mass is 429 g/mol. The van der Waals surface area contributed by atoms with Gasteiger partial charge >= 0.3 is 0 Å². The zero-order valence-electron chi connectivity index (χ0n) is 19.8. The number of nitrogens with zero attached hydrogens (tertiary/aromatic N) is 1. The number of carbonyl (C=O) groups is 1. The summed E-state index contributed by atoms with van der Waals surface area (Å²) in [5.41, 5.74) is -0.482. The van der Waals surface area contributed by atoms with Crippen LogP contribution < -0.4 is 0 Å². The van der Waals surface area contributed by atoms with Crippen molar-refractivity contribution >= 4 is 5.78 Å². The summed E-state index contributed by atoms with van der Waals surface area (Å²) in [6, 6.07) is 0.341. The number of hydrogen-bond donors (Lipinski definition) is 2. The minimum atomic E-state index is -0.570. The molecule has 0 aromatic rings. The normalized spacial score (nSPS) is 59.2. The van der Waals surface area contributed by atoms with Gasteiger partial charge in [0.05, 0.1) is 11.7 Å². The zero-order chi connectivity index (χ0) is 21.7. The predicted molar refractivity (Wildman–Crippen MR) is 120 cm³/mol. The molecule has 4 nitrogen and oxygen atoms in total. The van der Waals surface area contributed by atoms with Gasteiger partial charge in [-0.1, -0.05) is 13.8 Å². The average Bonchev–Trinajstić information content (AvgIpc) is 3.09. The van der Waals surface area contributed by atoms with Crippen molar-refractivity contribution in [3.63, 3.8) is 0 Å². The highest BCUT2D eigenvalue weighted by molar-refractivity contribution is 5.83. The third-order valence-electron chi connectivity index (χ3n) is 11.8. The second-order valence-electron chi connectivity index (χ2n) is 13.2. The lowest BCUT2D eigenvalue weighted by atomic mass is 9.51. The first-order valence-corrected chi connectivity index (χ1v) is 13.4. The molecule has 0 radical (unpaired) electrons. The molecule has 2 N–H and O–H groups in total. The van der Waals surface area contributed by atoms with E-state index in [1.165, 1.54) is 25.8 Å². The maximum atomic E-state index is 13.2. The van der Waals surface area contributed by atoms with Crippen LogP contribution in [0.4, 0.5) is 0 Å². The Balaban J connectivity index is 1.31. The lowest BCUT2D eigenvalue weighted by Crippen LogP contribution is -2.67. The van der Waals surface area contributed by atoms with E-state index in [9.17, 15) is 15.0 Å². The van der Waals surface area contributed by atoms with Crippen LogP contribution >= 0.6 is 0 Å². The Kier molecular flexibility index (Phi) is 4.78. The summed E-state index contributed by atoms with van der Waals surface area (Å²) in [4.78, 5) is 15.9. The highest BCUT2D eigenvalue weighted by Crippen LogP contribution is 2.66. The van der Waals surface area contributed by atoms with Gasteiger partial charge in [-0.25, -0.2) is 0 Å². The van der Waals surface area contributed by atoms with Crippen LogP contribution in [0, 0.1) is 52.8 Å². The van der Waals surface area contributed by atoms with Gasteiger partial charge in [0.2, 0.25) is 0 Å². The van der Waals surface area contributed by atoms with E-state index < -0.39 is 5.60 Å². The Morgan fingerprint density at radius 3 is 2.52 bits per heavy atom. The minimum Gasteiger partial charge on any atom is -0.393 e. The zero-order valence-corrected chi connectivity index (χ0v) is 19.8. The highest BCUT2D eigenvalue weighted by Gasteiger charge is 2.64. The molecule has 0 aromatic carbocycles. The van der Waals surface area contributed by atoms with Crippen molar-refractivity contribution in [1.29, 1.82) is 0 Å². The van der Waals surface area contributed by atoms with Crippen molar-refractivity contribution in [1.82, 2.24) is 4.90 Å². The van der Waals surface area contributed by atoms with Gasteiger partial charge in [-0.15, -0.1) is 0 Å². The topological polar surface area (TPSA) is 60.8 Å². The second-order valence-corrected chi connectivity index (χ2v) is 13.2. The number of Topliss-reactive ketones (excluding diaryl/α,β-unsaturated/α-hetero) is 1. The quantitative estimate of drug-likeness (QED) is 0.613. The molecule has 6 rings (SSSR count). The molecule has 6 fully saturated rings. The van der Waals surface area contributed by atoms with Crippen LogP contribution in [0.15, 0.2) is 0 Å². The molecule has 0 unspecified atom stereocenters. The molecule has 174 valence electrons. The van der Waals surface area contributed by atoms with Crippen molar-refractivity contribution in [2.75, 3.05) is 13.1 Å². The van der Waals surface area contributed by atoms with Crippen LogP contribution in [0.5, 0.6) is 0 Å². The highest BCUT2D eigenvalue weighted by atomic mass is 16.3. The number of aliphatic hydroxyl groups excluding tert-OH is 1. The predicted octanol–water partition coefficient (Wildman–Crippen LogP) is 3.89. The molecule has 4 heteroatoms. The van der Waals surface area contributed by atoms with Gasteiger partial charge in [0, 0.05) is 31.5 Å². The molecule has 0 aromatic heterocycles. The summed E-state index contributed by atoms with van der Waals surface area (Å²) < 4.78 is 0. The molecule has 0 bridgehead atoms. The molecule has 4 saturated carbocycles. The Morgan fingerprint density at radius 2 is 1.71 bits per heavy atom. The number of fused-ring (bicyclic) bond motifs is 8. The molecule has 4 aliphatic carbocycles. The van der Waals surface area contributed by atoms with E-state index in [1.54, 1.807) is 0 Å². The van der Waals surface area contributed by atoms with E-state index in [1.807, 2.05) is 0 Å². The van der Waals surface area contributed by atoms with Crippen LogP contribution in [-0.2, 0) is 4.79 Å². The fraction of sp³-hybridized carbons (Fsp3) is 0.963. The Hall–Kier alpha value is -0.450. The second kappa shape index (κ2) is 7.03. The summed E-state index contributed by atoms with van der Waals surface area (Å²) >= 11 is 0. The smallest absolute Gasteiger partial charge is 0.136 e. The number of carbonyl (C=O) groups excluding carboxylic acids is 1.